The molecule has 9 N–H and O–H groups in total. The normalized spacial score (nSPS) is 13.9. The van der Waals surface area contributed by atoms with Crippen molar-refractivity contribution >= 4 is 59.8 Å². The number of fused-ring (bicyclic) bond motifs is 1. The summed E-state index contributed by atoms with van der Waals surface area (Å²) in [6.45, 7) is 0.305. The summed E-state index contributed by atoms with van der Waals surface area (Å²) in [5.41, 5.74) is 13.4. The van der Waals surface area contributed by atoms with Gasteiger partial charge in [0.05, 0.1) is 24.4 Å². The first-order valence-corrected chi connectivity index (χ1v) is 14.8. The predicted octanol–water partition coefficient (Wildman–Crippen LogP) is 0.630. The summed E-state index contributed by atoms with van der Waals surface area (Å²) in [6, 6.07) is 4.66. The van der Waals surface area contributed by atoms with E-state index in [0.717, 1.165) is 0 Å². The first-order chi connectivity index (χ1) is 20.1. The molecule has 2 heterocycles. The lowest BCUT2D eigenvalue weighted by molar-refractivity contribution is -0.142. The van der Waals surface area contributed by atoms with Gasteiger partial charge in [0.15, 0.2) is 17.0 Å². The van der Waals surface area contributed by atoms with Crippen LogP contribution in [-0.2, 0) is 25.5 Å². The Balaban J connectivity index is 1.60. The average molecular weight is 619 g/mol. The molecule has 0 aliphatic heterocycles. The summed E-state index contributed by atoms with van der Waals surface area (Å²) < 4.78 is 12.6. The van der Waals surface area contributed by atoms with Crippen LogP contribution in [0.2, 0.25) is 0 Å². The van der Waals surface area contributed by atoms with Gasteiger partial charge < -0.3 is 41.9 Å². The Morgan fingerprint density at radius 3 is 2.28 bits per heavy atom. The first-order valence-electron chi connectivity index (χ1n) is 12.8. The fourth-order valence-corrected chi connectivity index (χ4v) is 5.99. The van der Waals surface area contributed by atoms with E-state index in [-0.39, 0.29) is 29.4 Å². The lowest BCUT2D eigenvalue weighted by Crippen LogP contribution is -2.41. The number of carbonyl (C=O) groups excluding carboxylic acids is 1. The fraction of sp³-hybridized carbons (Fsp3) is 0.360. The molecule has 0 aliphatic carbocycles. The van der Waals surface area contributed by atoms with E-state index in [0.29, 0.717) is 23.4 Å². The third kappa shape index (κ3) is 9.31. The van der Waals surface area contributed by atoms with Crippen LogP contribution in [0.25, 0.3) is 11.2 Å². The molecule has 0 fully saturated rings. The van der Waals surface area contributed by atoms with E-state index in [1.54, 1.807) is 19.2 Å². The van der Waals surface area contributed by atoms with Crippen molar-refractivity contribution in [3.8, 4) is 0 Å². The zero-order valence-electron chi connectivity index (χ0n) is 23.0. The fourth-order valence-electron chi connectivity index (χ4n) is 4.12. The highest BCUT2D eigenvalue weighted by Gasteiger charge is 2.31. The summed E-state index contributed by atoms with van der Waals surface area (Å²) >= 11 is 0. The van der Waals surface area contributed by atoms with Crippen LogP contribution in [0.15, 0.2) is 30.5 Å². The Bertz CT molecular complexity index is 1570. The van der Waals surface area contributed by atoms with Gasteiger partial charge in [0.2, 0.25) is 13.3 Å². The number of carboxylic acid groups (broad SMARTS) is 3. The first kappa shape index (κ1) is 32.6. The molecule has 1 unspecified atom stereocenters. The summed E-state index contributed by atoms with van der Waals surface area (Å²) in [5.74, 6) is -6.18. The predicted molar refractivity (Wildman–Crippen MR) is 154 cm³/mol. The summed E-state index contributed by atoms with van der Waals surface area (Å²) in [6.07, 6.45) is -1.09. The number of aromatic nitrogens is 4. The smallest absolute Gasteiger partial charge is 0.326 e. The standard InChI is InChI=1S/C25H31N8O9P/c1-33(11-15-10-28-21-19(29-15)20(26)31-25(27)32-21)16-5-2-13(3-6-16)22(36)30-17(24(39)40)8-9-43(41,42)12-14(23(37)38)4-7-18(34)35/h2-3,5-6,10,14,17H,4,7-9,11-12H2,1H3,(H,30,36)(H,34,35)(H,37,38)(H,39,40)(H,41,42)(H4,26,27,28,31,32)/t14-,17-/m1/s1. The Morgan fingerprint density at radius 1 is 1.00 bits per heavy atom. The SMILES string of the molecule is CN(Cc1cnc2nc(N)nc(N)c2n1)c1ccc(C(=O)N[C@H](CCP(=O)(O)C[C@@H](CCC(=O)O)C(=O)O)C(=O)O)cc1. The molecule has 3 rings (SSSR count). The molecule has 18 heteroatoms. The van der Waals surface area contributed by atoms with Crippen LogP contribution < -0.4 is 21.7 Å². The molecule has 0 saturated carbocycles. The van der Waals surface area contributed by atoms with E-state index in [1.165, 1.54) is 18.3 Å². The third-order valence-corrected chi connectivity index (χ3v) is 8.37. The van der Waals surface area contributed by atoms with E-state index in [2.05, 4.69) is 25.3 Å². The van der Waals surface area contributed by atoms with E-state index < -0.39 is 68.3 Å². The van der Waals surface area contributed by atoms with Gasteiger partial charge in [0.1, 0.15) is 6.04 Å². The highest BCUT2D eigenvalue weighted by Crippen LogP contribution is 2.44. The van der Waals surface area contributed by atoms with Crippen molar-refractivity contribution in [3.63, 3.8) is 0 Å². The van der Waals surface area contributed by atoms with E-state index in [4.69, 9.17) is 16.6 Å². The number of rotatable bonds is 15. The molecule has 0 saturated heterocycles. The van der Waals surface area contributed by atoms with Crippen LogP contribution in [0, 0.1) is 5.92 Å². The van der Waals surface area contributed by atoms with Crippen LogP contribution in [0.5, 0.6) is 0 Å². The second-order valence-electron chi connectivity index (χ2n) is 9.78. The number of benzene rings is 1. The van der Waals surface area contributed by atoms with Crippen molar-refractivity contribution in [2.45, 2.75) is 31.8 Å². The molecule has 230 valence electrons. The van der Waals surface area contributed by atoms with Gasteiger partial charge >= 0.3 is 17.9 Å². The highest BCUT2D eigenvalue weighted by atomic mass is 31.2. The third-order valence-electron chi connectivity index (χ3n) is 6.40. The average Bonchev–Trinajstić information content (AvgIpc) is 2.93. The van der Waals surface area contributed by atoms with Gasteiger partial charge in [-0.05, 0) is 37.1 Å². The highest BCUT2D eigenvalue weighted by molar-refractivity contribution is 7.58. The van der Waals surface area contributed by atoms with Gasteiger partial charge in [-0.2, -0.15) is 9.97 Å². The van der Waals surface area contributed by atoms with Crippen molar-refractivity contribution in [3.05, 3.63) is 41.7 Å². The number of carboxylic acids is 3. The molecule has 0 bridgehead atoms. The molecular weight excluding hydrogens is 587 g/mol. The molecule has 17 nitrogen and oxygen atoms in total. The van der Waals surface area contributed by atoms with Crippen LogP contribution in [0.4, 0.5) is 17.5 Å². The van der Waals surface area contributed by atoms with Crippen LogP contribution in [0.3, 0.4) is 0 Å². The number of nitrogens with one attached hydrogen (secondary N) is 1. The number of aliphatic carboxylic acids is 3. The minimum absolute atomic E-state index is 0.0183. The van der Waals surface area contributed by atoms with Gasteiger partial charge in [-0.15, -0.1) is 0 Å². The largest absolute Gasteiger partial charge is 0.481 e. The second-order valence-corrected chi connectivity index (χ2v) is 12.3. The molecular formula is C25H31N8O9P. The van der Waals surface area contributed by atoms with Crippen molar-refractivity contribution in [1.29, 1.82) is 0 Å². The summed E-state index contributed by atoms with van der Waals surface area (Å²) in [7, 11) is -2.39. The zero-order chi connectivity index (χ0) is 31.9. The molecule has 0 spiro atoms. The van der Waals surface area contributed by atoms with Gasteiger partial charge in [-0.3, -0.25) is 18.9 Å². The van der Waals surface area contributed by atoms with E-state index in [1.807, 2.05) is 4.90 Å². The van der Waals surface area contributed by atoms with E-state index >= 15 is 0 Å². The number of nitrogens with two attached hydrogens (primary N) is 2. The lowest BCUT2D eigenvalue weighted by Gasteiger charge is -2.20. The van der Waals surface area contributed by atoms with Gasteiger partial charge in [0.25, 0.3) is 5.91 Å². The van der Waals surface area contributed by atoms with Crippen molar-refractivity contribution in [2.24, 2.45) is 5.92 Å². The molecule has 2 aromatic heterocycles. The van der Waals surface area contributed by atoms with Crippen LogP contribution >= 0.6 is 7.37 Å². The number of hydrogen-bond acceptors (Lipinski definition) is 12. The number of hydrogen-bond donors (Lipinski definition) is 7. The maximum Gasteiger partial charge on any atom is 0.326 e. The van der Waals surface area contributed by atoms with Gasteiger partial charge in [0, 0.05) is 37.0 Å². The number of amides is 1. The Morgan fingerprint density at radius 2 is 1.67 bits per heavy atom. The Kier molecular flexibility index (Phi) is 10.5. The Hall–Kier alpha value is -4.89. The molecule has 1 aromatic carbocycles. The number of anilines is 3. The molecule has 1 amide bonds. The lowest BCUT2D eigenvalue weighted by atomic mass is 10.1. The topological polar surface area (TPSA) is 285 Å². The molecule has 0 aliphatic rings. The molecule has 3 atom stereocenters. The monoisotopic (exact) mass is 618 g/mol. The summed E-state index contributed by atoms with van der Waals surface area (Å²) in [4.78, 5) is 75.2. The number of nitrogen functional groups attached to an aromatic ring is 2. The zero-order valence-corrected chi connectivity index (χ0v) is 23.8. The number of nitrogens with zero attached hydrogens (tertiary/aromatic N) is 5. The van der Waals surface area contributed by atoms with Gasteiger partial charge in [-0.25, -0.2) is 14.8 Å². The molecule has 3 aromatic rings. The summed E-state index contributed by atoms with van der Waals surface area (Å²) in [5, 5.41) is 29.9. The van der Waals surface area contributed by atoms with Crippen molar-refractivity contribution in [1.82, 2.24) is 25.3 Å². The maximum absolute atomic E-state index is 12.7. The Labute approximate surface area is 244 Å². The van der Waals surface area contributed by atoms with Crippen molar-refractivity contribution < 1.29 is 44.0 Å². The maximum atomic E-state index is 12.7. The van der Waals surface area contributed by atoms with E-state index in [9.17, 15) is 38.8 Å². The molecule has 43 heavy (non-hydrogen) atoms. The van der Waals surface area contributed by atoms with Crippen LogP contribution in [-0.4, -0.2) is 89.4 Å². The minimum atomic E-state index is -4.16. The van der Waals surface area contributed by atoms with Crippen LogP contribution in [0.1, 0.15) is 35.3 Å². The number of carbonyl (C=O) groups is 4. The minimum Gasteiger partial charge on any atom is -0.481 e. The molecule has 0 radical (unpaired) electrons. The quantitative estimate of drug-likeness (QED) is 0.115. The van der Waals surface area contributed by atoms with Gasteiger partial charge in [-0.1, -0.05) is 0 Å². The second kappa shape index (κ2) is 13.8. The van der Waals surface area contributed by atoms with Crippen molar-refractivity contribution in [2.75, 3.05) is 35.7 Å².